The standard InChI is InChI=1S/C16H24N2O4S.ClH/c1-12-15(4-3-9-17-12)18-16(19)13-5-7-14(8-6-13)23(20,21)11-10-22-2;/h5-8,12,15,17H,3-4,9-11H2,1-2H3,(H,18,19);1H. The molecule has 8 heteroatoms. The number of carbonyl (C=O) groups is 1. The number of amides is 1. The molecule has 1 aromatic rings. The normalized spacial score (nSPS) is 20.9. The second-order valence-electron chi connectivity index (χ2n) is 5.80. The number of sulfone groups is 1. The molecule has 1 saturated heterocycles. The van der Waals surface area contributed by atoms with Gasteiger partial charge in [-0.2, -0.15) is 0 Å². The van der Waals surface area contributed by atoms with Gasteiger partial charge in [0.25, 0.3) is 5.91 Å². The minimum atomic E-state index is -3.37. The summed E-state index contributed by atoms with van der Waals surface area (Å²) < 4.78 is 28.9. The molecule has 1 aliphatic rings. The smallest absolute Gasteiger partial charge is 0.251 e. The van der Waals surface area contributed by atoms with Crippen LogP contribution in [0.1, 0.15) is 30.1 Å². The summed E-state index contributed by atoms with van der Waals surface area (Å²) in [4.78, 5) is 12.5. The highest BCUT2D eigenvalue weighted by Crippen LogP contribution is 2.14. The van der Waals surface area contributed by atoms with Gasteiger partial charge in [-0.1, -0.05) is 0 Å². The maximum Gasteiger partial charge on any atom is 0.251 e. The number of carbonyl (C=O) groups excluding carboxylic acids is 1. The van der Waals surface area contributed by atoms with Crippen molar-refractivity contribution in [2.45, 2.75) is 36.7 Å². The first-order valence-electron chi connectivity index (χ1n) is 7.80. The van der Waals surface area contributed by atoms with E-state index >= 15 is 0 Å². The molecule has 0 bridgehead atoms. The first-order valence-corrected chi connectivity index (χ1v) is 9.45. The fraction of sp³-hybridized carbons (Fsp3) is 0.562. The van der Waals surface area contributed by atoms with Crippen LogP contribution in [0.4, 0.5) is 0 Å². The molecule has 24 heavy (non-hydrogen) atoms. The van der Waals surface area contributed by atoms with E-state index < -0.39 is 9.84 Å². The molecule has 136 valence electrons. The fourth-order valence-electron chi connectivity index (χ4n) is 2.62. The van der Waals surface area contributed by atoms with Crippen LogP contribution in [0.15, 0.2) is 29.2 Å². The van der Waals surface area contributed by atoms with Gasteiger partial charge in [0.15, 0.2) is 9.84 Å². The minimum absolute atomic E-state index is 0. The molecule has 2 rings (SSSR count). The second-order valence-corrected chi connectivity index (χ2v) is 7.91. The second kappa shape index (κ2) is 9.36. The molecule has 1 amide bonds. The summed E-state index contributed by atoms with van der Waals surface area (Å²) in [5.41, 5.74) is 0.466. The van der Waals surface area contributed by atoms with Crippen molar-refractivity contribution in [2.24, 2.45) is 0 Å². The largest absolute Gasteiger partial charge is 0.384 e. The van der Waals surface area contributed by atoms with E-state index in [1.165, 1.54) is 19.2 Å². The average molecular weight is 377 g/mol. The summed E-state index contributed by atoms with van der Waals surface area (Å²) in [6.45, 7) is 3.17. The van der Waals surface area contributed by atoms with Crippen molar-refractivity contribution in [1.82, 2.24) is 10.6 Å². The minimum Gasteiger partial charge on any atom is -0.384 e. The van der Waals surface area contributed by atoms with Crippen LogP contribution in [-0.2, 0) is 14.6 Å². The van der Waals surface area contributed by atoms with Crippen molar-refractivity contribution in [3.8, 4) is 0 Å². The average Bonchev–Trinajstić information content (AvgIpc) is 2.55. The molecule has 1 heterocycles. The zero-order valence-electron chi connectivity index (χ0n) is 13.9. The number of piperidine rings is 1. The van der Waals surface area contributed by atoms with Crippen molar-refractivity contribution in [3.05, 3.63) is 29.8 Å². The highest BCUT2D eigenvalue weighted by atomic mass is 35.5. The monoisotopic (exact) mass is 376 g/mol. The lowest BCUT2D eigenvalue weighted by molar-refractivity contribution is 0.0919. The third-order valence-corrected chi connectivity index (χ3v) is 5.80. The molecule has 0 spiro atoms. The Hall–Kier alpha value is -1.15. The van der Waals surface area contributed by atoms with E-state index in [2.05, 4.69) is 17.6 Å². The van der Waals surface area contributed by atoms with Crippen molar-refractivity contribution in [2.75, 3.05) is 26.0 Å². The van der Waals surface area contributed by atoms with Gasteiger partial charge in [0.2, 0.25) is 0 Å². The Morgan fingerprint density at radius 1 is 1.33 bits per heavy atom. The summed E-state index contributed by atoms with van der Waals surface area (Å²) in [5, 5.41) is 6.34. The summed E-state index contributed by atoms with van der Waals surface area (Å²) in [5.74, 6) is -0.244. The first-order chi connectivity index (χ1) is 10.9. The third kappa shape index (κ3) is 5.44. The molecule has 2 atom stereocenters. The van der Waals surface area contributed by atoms with Crippen molar-refractivity contribution < 1.29 is 17.9 Å². The highest BCUT2D eigenvalue weighted by Gasteiger charge is 2.23. The molecular formula is C16H25ClN2O4S. The highest BCUT2D eigenvalue weighted by molar-refractivity contribution is 7.91. The van der Waals surface area contributed by atoms with Gasteiger partial charge in [-0.3, -0.25) is 4.79 Å². The van der Waals surface area contributed by atoms with Gasteiger partial charge in [-0.05, 0) is 50.6 Å². The molecule has 2 N–H and O–H groups in total. The number of hydrogen-bond acceptors (Lipinski definition) is 5. The lowest BCUT2D eigenvalue weighted by Crippen LogP contribution is -2.51. The zero-order chi connectivity index (χ0) is 16.9. The Morgan fingerprint density at radius 2 is 2.00 bits per heavy atom. The van der Waals surface area contributed by atoms with E-state index in [1.54, 1.807) is 12.1 Å². The summed E-state index contributed by atoms with van der Waals surface area (Å²) in [6.07, 6.45) is 1.98. The molecule has 0 aromatic heterocycles. The molecular weight excluding hydrogens is 352 g/mol. The van der Waals surface area contributed by atoms with Gasteiger partial charge in [-0.15, -0.1) is 12.4 Å². The van der Waals surface area contributed by atoms with Crippen molar-refractivity contribution in [1.29, 1.82) is 0 Å². The van der Waals surface area contributed by atoms with E-state index in [0.29, 0.717) is 5.56 Å². The van der Waals surface area contributed by atoms with Gasteiger partial charge in [0.1, 0.15) is 0 Å². The predicted molar refractivity (Wildman–Crippen MR) is 95.6 cm³/mol. The molecule has 2 unspecified atom stereocenters. The molecule has 0 saturated carbocycles. The molecule has 1 aliphatic heterocycles. The van der Waals surface area contributed by atoms with Gasteiger partial charge < -0.3 is 15.4 Å². The van der Waals surface area contributed by atoms with E-state index in [1.807, 2.05) is 0 Å². The number of nitrogens with one attached hydrogen (secondary N) is 2. The molecule has 1 aromatic carbocycles. The van der Waals surface area contributed by atoms with Crippen LogP contribution in [0.2, 0.25) is 0 Å². The van der Waals surface area contributed by atoms with Gasteiger partial charge in [0.05, 0.1) is 17.3 Å². The van der Waals surface area contributed by atoms with Crippen LogP contribution in [0.3, 0.4) is 0 Å². The van der Waals surface area contributed by atoms with Crippen LogP contribution in [0, 0.1) is 0 Å². The van der Waals surface area contributed by atoms with Crippen molar-refractivity contribution in [3.63, 3.8) is 0 Å². The third-order valence-electron chi connectivity index (χ3n) is 4.11. The SMILES string of the molecule is COCCS(=O)(=O)c1ccc(C(=O)NC2CCCNC2C)cc1.Cl. The molecule has 0 radical (unpaired) electrons. The molecule has 6 nitrogen and oxygen atoms in total. The number of halogens is 1. The molecule has 1 fully saturated rings. The van der Waals surface area contributed by atoms with Gasteiger partial charge >= 0.3 is 0 Å². The number of hydrogen-bond donors (Lipinski definition) is 2. The Morgan fingerprint density at radius 3 is 2.58 bits per heavy atom. The Kier molecular flexibility index (Phi) is 8.15. The van der Waals surface area contributed by atoms with E-state index in [4.69, 9.17) is 4.74 Å². The maximum absolute atomic E-state index is 12.3. The van der Waals surface area contributed by atoms with Crippen LogP contribution < -0.4 is 10.6 Å². The quantitative estimate of drug-likeness (QED) is 0.784. The van der Waals surface area contributed by atoms with E-state index in [9.17, 15) is 13.2 Å². The summed E-state index contributed by atoms with van der Waals surface area (Å²) in [7, 11) is -1.91. The van der Waals surface area contributed by atoms with Crippen LogP contribution in [0.25, 0.3) is 0 Å². The fourth-order valence-corrected chi connectivity index (χ4v) is 3.79. The predicted octanol–water partition coefficient (Wildman–Crippen LogP) is 1.40. The van der Waals surface area contributed by atoms with Gasteiger partial charge in [0, 0.05) is 24.8 Å². The number of ether oxygens (including phenoxy) is 1. The summed E-state index contributed by atoms with van der Waals surface area (Å²) >= 11 is 0. The van der Waals surface area contributed by atoms with Crippen LogP contribution in [-0.4, -0.2) is 52.4 Å². The lowest BCUT2D eigenvalue weighted by atomic mass is 9.99. The Labute approximate surface area is 149 Å². The first kappa shape index (κ1) is 20.9. The number of rotatable bonds is 6. The zero-order valence-corrected chi connectivity index (χ0v) is 15.6. The number of benzene rings is 1. The van der Waals surface area contributed by atoms with Crippen LogP contribution >= 0.6 is 12.4 Å². The Balaban J connectivity index is 0.00000288. The summed E-state index contributed by atoms with van der Waals surface area (Å²) in [6, 6.07) is 6.39. The van der Waals surface area contributed by atoms with Gasteiger partial charge in [-0.25, -0.2) is 8.42 Å². The topological polar surface area (TPSA) is 84.5 Å². The van der Waals surface area contributed by atoms with E-state index in [0.717, 1.165) is 19.4 Å². The van der Waals surface area contributed by atoms with Crippen LogP contribution in [0.5, 0.6) is 0 Å². The molecule has 0 aliphatic carbocycles. The Bertz CT molecular complexity index is 634. The van der Waals surface area contributed by atoms with E-state index in [-0.39, 0.29) is 47.7 Å². The number of methoxy groups -OCH3 is 1. The maximum atomic E-state index is 12.3. The lowest BCUT2D eigenvalue weighted by Gasteiger charge is -2.30. The van der Waals surface area contributed by atoms with Crippen molar-refractivity contribution >= 4 is 28.2 Å².